The van der Waals surface area contributed by atoms with Crippen molar-refractivity contribution in [2.24, 2.45) is 0 Å². The minimum absolute atomic E-state index is 0.0178. The minimum atomic E-state index is -2.86. The Labute approximate surface area is 128 Å². The Kier molecular flexibility index (Phi) is 3.61. The summed E-state index contributed by atoms with van der Waals surface area (Å²) < 4.78 is 29.2. The molecule has 0 N–H and O–H groups in total. The van der Waals surface area contributed by atoms with Crippen molar-refractivity contribution >= 4 is 17.4 Å². The lowest BCUT2D eigenvalue weighted by Gasteiger charge is -2.48. The molecule has 3 heterocycles. The van der Waals surface area contributed by atoms with Crippen molar-refractivity contribution in [2.45, 2.75) is 45.2 Å². The standard InChI is InChI=1S/C15H20ClF2N3/c1-9(2)20-4-5-21-11(8-20)6-15(17,18)13-10(3)12(16)7-19-14(13)21/h7,9,11H,4-6,8H2,1-3H3/t11-/m1/s1. The number of alkyl halides is 2. The maximum Gasteiger partial charge on any atom is 0.279 e. The van der Waals surface area contributed by atoms with E-state index in [2.05, 4.69) is 23.7 Å². The van der Waals surface area contributed by atoms with Crippen LogP contribution in [0.4, 0.5) is 14.6 Å². The van der Waals surface area contributed by atoms with Crippen LogP contribution < -0.4 is 4.90 Å². The smallest absolute Gasteiger partial charge is 0.279 e. The Balaban J connectivity index is 2.02. The zero-order valence-electron chi connectivity index (χ0n) is 12.5. The molecular formula is C15H20ClF2N3. The van der Waals surface area contributed by atoms with Crippen molar-refractivity contribution in [1.82, 2.24) is 9.88 Å². The third-order valence-electron chi connectivity index (χ3n) is 4.63. The van der Waals surface area contributed by atoms with E-state index < -0.39 is 5.92 Å². The number of pyridine rings is 1. The zero-order chi connectivity index (χ0) is 15.4. The van der Waals surface area contributed by atoms with Crippen molar-refractivity contribution in [3.05, 3.63) is 22.3 Å². The van der Waals surface area contributed by atoms with Crippen molar-refractivity contribution in [2.75, 3.05) is 24.5 Å². The maximum absolute atomic E-state index is 14.6. The Morgan fingerprint density at radius 3 is 2.76 bits per heavy atom. The first-order valence-corrected chi connectivity index (χ1v) is 7.73. The normalized spacial score (nSPS) is 24.9. The number of rotatable bonds is 1. The monoisotopic (exact) mass is 315 g/mol. The van der Waals surface area contributed by atoms with Gasteiger partial charge in [-0.2, -0.15) is 0 Å². The summed E-state index contributed by atoms with van der Waals surface area (Å²) in [6.07, 6.45) is 1.33. The molecule has 21 heavy (non-hydrogen) atoms. The highest BCUT2D eigenvalue weighted by atomic mass is 35.5. The molecule has 0 radical (unpaired) electrons. The Hall–Kier alpha value is -0.940. The fourth-order valence-electron chi connectivity index (χ4n) is 3.42. The van der Waals surface area contributed by atoms with Gasteiger partial charge in [-0.1, -0.05) is 11.6 Å². The molecular weight excluding hydrogens is 296 g/mol. The predicted octanol–water partition coefficient (Wildman–Crippen LogP) is 3.44. The van der Waals surface area contributed by atoms with E-state index in [1.807, 2.05) is 4.90 Å². The Morgan fingerprint density at radius 2 is 2.10 bits per heavy atom. The van der Waals surface area contributed by atoms with Crippen molar-refractivity contribution in [3.8, 4) is 0 Å². The summed E-state index contributed by atoms with van der Waals surface area (Å²) in [5, 5.41) is 0.313. The number of fused-ring (bicyclic) bond motifs is 3. The molecule has 3 nitrogen and oxygen atoms in total. The lowest BCUT2D eigenvalue weighted by atomic mass is 9.90. The second-order valence-electron chi connectivity index (χ2n) is 6.27. The van der Waals surface area contributed by atoms with Crippen LogP contribution >= 0.6 is 11.6 Å². The molecule has 0 spiro atoms. The molecule has 0 aliphatic carbocycles. The summed E-state index contributed by atoms with van der Waals surface area (Å²) >= 11 is 5.99. The molecule has 0 unspecified atom stereocenters. The minimum Gasteiger partial charge on any atom is -0.350 e. The van der Waals surface area contributed by atoms with E-state index in [4.69, 9.17) is 11.6 Å². The molecule has 3 rings (SSSR count). The first-order chi connectivity index (χ1) is 9.81. The van der Waals surface area contributed by atoms with Crippen LogP contribution in [-0.4, -0.2) is 41.6 Å². The number of nitrogens with zero attached hydrogens (tertiary/aromatic N) is 3. The third-order valence-corrected chi connectivity index (χ3v) is 5.01. The van der Waals surface area contributed by atoms with E-state index in [-0.39, 0.29) is 18.0 Å². The van der Waals surface area contributed by atoms with Crippen LogP contribution in [0.1, 0.15) is 31.4 Å². The van der Waals surface area contributed by atoms with Crippen molar-refractivity contribution in [3.63, 3.8) is 0 Å². The van der Waals surface area contributed by atoms with Crippen LogP contribution in [0, 0.1) is 6.92 Å². The highest BCUT2D eigenvalue weighted by Crippen LogP contribution is 2.47. The lowest BCUT2D eigenvalue weighted by Crippen LogP contribution is -2.58. The van der Waals surface area contributed by atoms with Gasteiger partial charge in [0.25, 0.3) is 5.92 Å². The lowest BCUT2D eigenvalue weighted by molar-refractivity contribution is -0.0342. The number of aromatic nitrogens is 1. The molecule has 0 saturated carbocycles. The van der Waals surface area contributed by atoms with Gasteiger partial charge in [-0.3, -0.25) is 4.90 Å². The summed E-state index contributed by atoms with van der Waals surface area (Å²) in [5.41, 5.74) is 0.473. The molecule has 1 aromatic heterocycles. The molecule has 1 fully saturated rings. The fraction of sp³-hybridized carbons (Fsp3) is 0.667. The molecule has 1 saturated heterocycles. The van der Waals surface area contributed by atoms with Crippen molar-refractivity contribution < 1.29 is 8.78 Å². The molecule has 6 heteroatoms. The van der Waals surface area contributed by atoms with Crippen molar-refractivity contribution in [1.29, 1.82) is 0 Å². The Bertz CT molecular complexity index is 562. The summed E-state index contributed by atoms with van der Waals surface area (Å²) in [4.78, 5) is 8.52. The molecule has 0 aromatic carbocycles. The third kappa shape index (κ3) is 2.40. The van der Waals surface area contributed by atoms with Gasteiger partial charge in [0, 0.05) is 44.3 Å². The van der Waals surface area contributed by atoms with E-state index in [1.165, 1.54) is 6.20 Å². The average Bonchev–Trinajstić information content (AvgIpc) is 2.40. The van der Waals surface area contributed by atoms with Gasteiger partial charge in [-0.25, -0.2) is 13.8 Å². The first-order valence-electron chi connectivity index (χ1n) is 7.35. The highest BCUT2D eigenvalue weighted by molar-refractivity contribution is 6.31. The van der Waals surface area contributed by atoms with Crippen LogP contribution in [0.2, 0.25) is 5.02 Å². The molecule has 1 aromatic rings. The average molecular weight is 316 g/mol. The largest absolute Gasteiger partial charge is 0.350 e. The topological polar surface area (TPSA) is 19.4 Å². The Morgan fingerprint density at radius 1 is 1.38 bits per heavy atom. The van der Waals surface area contributed by atoms with Crippen LogP contribution in [0.25, 0.3) is 0 Å². The van der Waals surface area contributed by atoms with E-state index >= 15 is 0 Å². The van der Waals surface area contributed by atoms with Gasteiger partial charge in [0.05, 0.1) is 10.6 Å². The summed E-state index contributed by atoms with van der Waals surface area (Å²) in [7, 11) is 0. The van der Waals surface area contributed by atoms with Gasteiger partial charge >= 0.3 is 0 Å². The van der Waals surface area contributed by atoms with Gasteiger partial charge in [0.1, 0.15) is 5.82 Å². The predicted molar refractivity (Wildman–Crippen MR) is 80.3 cm³/mol. The highest BCUT2D eigenvalue weighted by Gasteiger charge is 2.48. The van der Waals surface area contributed by atoms with Crippen LogP contribution in [0.3, 0.4) is 0 Å². The number of hydrogen-bond donors (Lipinski definition) is 0. The van der Waals surface area contributed by atoms with Gasteiger partial charge < -0.3 is 4.90 Å². The van der Waals surface area contributed by atoms with E-state index in [0.29, 0.717) is 29.0 Å². The molecule has 1 atom stereocenters. The van der Waals surface area contributed by atoms with Gasteiger partial charge in [0.15, 0.2) is 0 Å². The summed E-state index contributed by atoms with van der Waals surface area (Å²) in [6, 6.07) is 0.193. The molecule has 116 valence electrons. The summed E-state index contributed by atoms with van der Waals surface area (Å²) in [6.45, 7) is 8.14. The zero-order valence-corrected chi connectivity index (χ0v) is 13.3. The SMILES string of the molecule is Cc1c(Cl)cnc2c1C(F)(F)C[C@@H]1CN(C(C)C)CCN21. The number of piperazine rings is 1. The van der Waals surface area contributed by atoms with Gasteiger partial charge in [-0.05, 0) is 26.3 Å². The van der Waals surface area contributed by atoms with Gasteiger partial charge in [0.2, 0.25) is 0 Å². The first kappa shape index (κ1) is 15.0. The second kappa shape index (κ2) is 5.06. The van der Waals surface area contributed by atoms with Crippen LogP contribution in [0.5, 0.6) is 0 Å². The second-order valence-corrected chi connectivity index (χ2v) is 6.68. The molecule has 2 aliphatic heterocycles. The quantitative estimate of drug-likeness (QED) is 0.791. The van der Waals surface area contributed by atoms with E-state index in [1.54, 1.807) is 6.92 Å². The summed E-state index contributed by atoms with van der Waals surface area (Å²) in [5.74, 6) is -2.44. The number of halogens is 3. The van der Waals surface area contributed by atoms with E-state index in [0.717, 1.165) is 13.1 Å². The van der Waals surface area contributed by atoms with Crippen LogP contribution in [0.15, 0.2) is 6.20 Å². The molecule has 2 aliphatic rings. The fourth-order valence-corrected chi connectivity index (χ4v) is 3.57. The maximum atomic E-state index is 14.6. The van der Waals surface area contributed by atoms with Gasteiger partial charge in [-0.15, -0.1) is 0 Å². The molecule has 0 amide bonds. The molecule has 0 bridgehead atoms. The van der Waals surface area contributed by atoms with Crippen LogP contribution in [-0.2, 0) is 5.92 Å². The number of anilines is 1. The number of hydrogen-bond acceptors (Lipinski definition) is 3. The van der Waals surface area contributed by atoms with E-state index in [9.17, 15) is 8.78 Å².